The van der Waals surface area contributed by atoms with Crippen molar-refractivity contribution in [3.05, 3.63) is 48.0 Å². The molecule has 0 saturated carbocycles. The van der Waals surface area contributed by atoms with Gasteiger partial charge in [0.15, 0.2) is 11.6 Å². The number of rotatable bonds is 6. The largest absolute Gasteiger partial charge is 0.478 e. The van der Waals surface area contributed by atoms with E-state index in [1.165, 1.54) is 12.1 Å². The molecule has 1 aromatic heterocycles. The van der Waals surface area contributed by atoms with Crippen LogP contribution < -0.4 is 4.74 Å². The molecule has 1 aromatic carbocycles. The van der Waals surface area contributed by atoms with Gasteiger partial charge >= 0.3 is 5.97 Å². The summed E-state index contributed by atoms with van der Waals surface area (Å²) < 4.78 is 21.3. The number of ether oxygens (including phenoxy) is 1. The summed E-state index contributed by atoms with van der Waals surface area (Å²) in [5.74, 6) is -1.60. The molecule has 6 nitrogen and oxygen atoms in total. The van der Waals surface area contributed by atoms with E-state index in [0.29, 0.717) is 25.9 Å². The number of hydrogen-bond donors (Lipinski definition) is 1. The molecule has 0 atom stereocenters. The number of carbonyl (C=O) groups is 1. The third kappa shape index (κ3) is 3.82. The number of nitrogens with zero attached hydrogens (tertiary/aromatic N) is 3. The van der Waals surface area contributed by atoms with Crippen molar-refractivity contribution in [2.75, 3.05) is 13.1 Å². The van der Waals surface area contributed by atoms with Gasteiger partial charge in [-0.1, -0.05) is 12.1 Å². The molecule has 0 unspecified atom stereocenters. The van der Waals surface area contributed by atoms with Crippen molar-refractivity contribution in [1.29, 1.82) is 0 Å². The summed E-state index contributed by atoms with van der Waals surface area (Å²) in [6.07, 6.45) is 4.43. The molecule has 0 bridgehead atoms. The number of aliphatic carboxylic acids is 1. The van der Waals surface area contributed by atoms with Crippen molar-refractivity contribution in [2.45, 2.75) is 38.5 Å². The summed E-state index contributed by atoms with van der Waals surface area (Å²) in [7, 11) is 0. The maximum Gasteiger partial charge on any atom is 0.348 e. The summed E-state index contributed by atoms with van der Waals surface area (Å²) in [6.45, 7) is 4.70. The Labute approximate surface area is 145 Å². The monoisotopic (exact) mass is 347 g/mol. The zero-order chi connectivity index (χ0) is 17.9. The van der Waals surface area contributed by atoms with Gasteiger partial charge in [0.05, 0.1) is 6.20 Å². The number of likely N-dealkylation sites (tertiary alicyclic amines) is 1. The number of carboxylic acids is 1. The van der Waals surface area contributed by atoms with Gasteiger partial charge in [-0.15, -0.1) is 0 Å². The van der Waals surface area contributed by atoms with Crippen molar-refractivity contribution in [1.82, 2.24) is 14.7 Å². The maximum atomic E-state index is 13.8. The highest BCUT2D eigenvalue weighted by Crippen LogP contribution is 2.31. The Balaban J connectivity index is 1.66. The minimum Gasteiger partial charge on any atom is -0.478 e. The molecule has 0 aliphatic carbocycles. The third-order valence-electron chi connectivity index (χ3n) is 4.61. The molecule has 0 spiro atoms. The summed E-state index contributed by atoms with van der Waals surface area (Å²) in [6, 6.07) is 5.92. The molecule has 2 aromatic rings. The number of para-hydroxylation sites is 1. The van der Waals surface area contributed by atoms with Gasteiger partial charge in [-0.05, 0) is 19.1 Å². The van der Waals surface area contributed by atoms with E-state index in [4.69, 9.17) is 4.74 Å². The predicted octanol–water partition coefficient (Wildman–Crippen LogP) is 2.54. The summed E-state index contributed by atoms with van der Waals surface area (Å²) in [5.41, 5.74) is -0.286. The van der Waals surface area contributed by atoms with Crippen LogP contribution in [-0.2, 0) is 17.9 Å². The van der Waals surface area contributed by atoms with Gasteiger partial charge in [0.1, 0.15) is 0 Å². The number of aromatic nitrogens is 2. The van der Waals surface area contributed by atoms with Crippen LogP contribution in [0.4, 0.5) is 4.39 Å². The minimum absolute atomic E-state index is 0.0115. The van der Waals surface area contributed by atoms with E-state index in [1.54, 1.807) is 12.1 Å². The summed E-state index contributed by atoms with van der Waals surface area (Å²) in [5, 5.41) is 13.9. The first-order chi connectivity index (χ1) is 12.0. The Bertz CT molecular complexity index is 739. The second kappa shape index (κ2) is 7.23. The van der Waals surface area contributed by atoms with Crippen LogP contribution in [0, 0.1) is 5.82 Å². The third-order valence-corrected chi connectivity index (χ3v) is 4.61. The van der Waals surface area contributed by atoms with Crippen LogP contribution in [0.5, 0.6) is 5.75 Å². The Hall–Kier alpha value is -2.41. The molecule has 0 amide bonds. The van der Waals surface area contributed by atoms with Gasteiger partial charge in [-0.2, -0.15) is 5.10 Å². The SMILES string of the molecule is CCn1cc(CN2CCC(Oc3ccccc3F)(C(=O)O)CC2)cn1. The van der Waals surface area contributed by atoms with E-state index >= 15 is 0 Å². The topological polar surface area (TPSA) is 67.6 Å². The Morgan fingerprint density at radius 3 is 2.68 bits per heavy atom. The average Bonchev–Trinajstić information content (AvgIpc) is 3.06. The van der Waals surface area contributed by atoms with Gasteiger partial charge in [-0.3, -0.25) is 9.58 Å². The lowest BCUT2D eigenvalue weighted by Crippen LogP contribution is -2.53. The summed E-state index contributed by atoms with van der Waals surface area (Å²) >= 11 is 0. The first-order valence-corrected chi connectivity index (χ1v) is 8.43. The fourth-order valence-corrected chi connectivity index (χ4v) is 3.09. The van der Waals surface area contributed by atoms with Crippen LogP contribution in [0.2, 0.25) is 0 Å². The first kappa shape index (κ1) is 17.4. The Kier molecular flexibility index (Phi) is 5.03. The minimum atomic E-state index is -1.38. The molecule has 25 heavy (non-hydrogen) atoms. The second-order valence-corrected chi connectivity index (χ2v) is 6.31. The Morgan fingerprint density at radius 1 is 1.36 bits per heavy atom. The first-order valence-electron chi connectivity index (χ1n) is 8.43. The molecule has 1 aliphatic heterocycles. The molecular weight excluding hydrogens is 325 g/mol. The maximum absolute atomic E-state index is 13.8. The Morgan fingerprint density at radius 2 is 2.08 bits per heavy atom. The predicted molar refractivity (Wildman–Crippen MR) is 89.8 cm³/mol. The number of piperidine rings is 1. The van der Waals surface area contributed by atoms with Crippen molar-refractivity contribution < 1.29 is 19.0 Å². The zero-order valence-corrected chi connectivity index (χ0v) is 14.2. The highest BCUT2D eigenvalue weighted by Gasteiger charge is 2.44. The lowest BCUT2D eigenvalue weighted by atomic mass is 9.91. The number of halogens is 1. The van der Waals surface area contributed by atoms with Gasteiger partial charge in [0.2, 0.25) is 5.60 Å². The fraction of sp³-hybridized carbons (Fsp3) is 0.444. The lowest BCUT2D eigenvalue weighted by Gasteiger charge is -2.38. The molecule has 3 rings (SSSR count). The highest BCUT2D eigenvalue weighted by molar-refractivity contribution is 5.78. The molecule has 7 heteroatoms. The molecule has 1 fully saturated rings. The zero-order valence-electron chi connectivity index (χ0n) is 14.2. The normalized spacial score (nSPS) is 17.4. The van der Waals surface area contributed by atoms with E-state index in [0.717, 1.165) is 18.7 Å². The van der Waals surface area contributed by atoms with Crippen LogP contribution in [-0.4, -0.2) is 44.4 Å². The van der Waals surface area contributed by atoms with Gasteiger partial charge < -0.3 is 9.84 Å². The molecule has 134 valence electrons. The second-order valence-electron chi connectivity index (χ2n) is 6.31. The fourth-order valence-electron chi connectivity index (χ4n) is 3.09. The molecule has 1 aliphatic rings. The number of benzene rings is 1. The van der Waals surface area contributed by atoms with E-state index in [9.17, 15) is 14.3 Å². The average molecular weight is 347 g/mol. The highest BCUT2D eigenvalue weighted by atomic mass is 19.1. The van der Waals surface area contributed by atoms with Crippen molar-refractivity contribution in [2.24, 2.45) is 0 Å². The smallest absolute Gasteiger partial charge is 0.348 e. The van der Waals surface area contributed by atoms with Gasteiger partial charge in [0.25, 0.3) is 0 Å². The molecule has 0 radical (unpaired) electrons. The number of carboxylic acid groups (broad SMARTS) is 1. The van der Waals surface area contributed by atoms with E-state index in [2.05, 4.69) is 10.00 Å². The molecular formula is C18H22FN3O3. The number of aryl methyl sites for hydroxylation is 1. The van der Waals surface area contributed by atoms with Crippen LogP contribution in [0.15, 0.2) is 36.7 Å². The summed E-state index contributed by atoms with van der Waals surface area (Å²) in [4.78, 5) is 14.0. The number of hydrogen-bond acceptors (Lipinski definition) is 4. The van der Waals surface area contributed by atoms with Gasteiger partial charge in [-0.25, -0.2) is 9.18 Å². The molecule has 1 N–H and O–H groups in total. The molecule has 2 heterocycles. The van der Waals surface area contributed by atoms with Crippen molar-refractivity contribution in [3.8, 4) is 5.75 Å². The van der Waals surface area contributed by atoms with Crippen molar-refractivity contribution in [3.63, 3.8) is 0 Å². The van der Waals surface area contributed by atoms with E-state index < -0.39 is 17.4 Å². The quantitative estimate of drug-likeness (QED) is 0.870. The molecule has 1 saturated heterocycles. The van der Waals surface area contributed by atoms with Crippen molar-refractivity contribution >= 4 is 5.97 Å². The lowest BCUT2D eigenvalue weighted by molar-refractivity contribution is -0.160. The van der Waals surface area contributed by atoms with Crippen LogP contribution in [0.3, 0.4) is 0 Å². The van der Waals surface area contributed by atoms with Gasteiger partial charge in [0, 0.05) is 50.8 Å². The van der Waals surface area contributed by atoms with Crippen LogP contribution in [0.25, 0.3) is 0 Å². The van der Waals surface area contributed by atoms with E-state index in [-0.39, 0.29) is 5.75 Å². The standard InChI is InChI=1S/C18H22FN3O3/c1-2-22-13-14(11-20-22)12-21-9-7-18(8-10-21,17(23)24)25-16-6-4-3-5-15(16)19/h3-6,11,13H,2,7-10,12H2,1H3,(H,23,24). The van der Waals surface area contributed by atoms with E-state index in [1.807, 2.05) is 24.0 Å². The van der Waals surface area contributed by atoms with Crippen LogP contribution in [0.1, 0.15) is 25.3 Å². The van der Waals surface area contributed by atoms with Crippen LogP contribution >= 0.6 is 0 Å².